The van der Waals surface area contributed by atoms with Gasteiger partial charge in [0.15, 0.2) is 0 Å². The molecule has 0 atom stereocenters. The average molecular weight is 314 g/mol. The zero-order valence-corrected chi connectivity index (χ0v) is 16.1. The van der Waals surface area contributed by atoms with E-state index in [2.05, 4.69) is 98.1 Å². The maximum absolute atomic E-state index is 2.79. The van der Waals surface area contributed by atoms with Crippen molar-refractivity contribution in [3.63, 3.8) is 0 Å². The van der Waals surface area contributed by atoms with Gasteiger partial charge in [-0.15, -0.1) is 0 Å². The third-order valence-corrected chi connectivity index (χ3v) is 10.8. The highest BCUT2D eigenvalue weighted by Gasteiger charge is 2.35. The van der Waals surface area contributed by atoms with Crippen molar-refractivity contribution >= 4 is 22.2 Å². The van der Waals surface area contributed by atoms with Crippen molar-refractivity contribution < 1.29 is 0 Å². The summed E-state index contributed by atoms with van der Waals surface area (Å²) < 4.78 is 2.79. The lowest BCUT2D eigenvalue weighted by Gasteiger charge is -2.46. The van der Waals surface area contributed by atoms with Gasteiger partial charge in [-0.25, -0.2) is 0 Å². The fourth-order valence-corrected chi connectivity index (χ4v) is 13.1. The van der Waals surface area contributed by atoms with Crippen molar-refractivity contribution in [1.82, 2.24) is 0 Å². The van der Waals surface area contributed by atoms with Crippen LogP contribution in [0.5, 0.6) is 0 Å². The summed E-state index contributed by atoms with van der Waals surface area (Å²) >= 11 is 0. The summed E-state index contributed by atoms with van der Waals surface area (Å²) in [6.45, 7) is 14.7. The Morgan fingerprint density at radius 1 is 0.619 bits per heavy atom. The van der Waals surface area contributed by atoms with Crippen molar-refractivity contribution in [2.24, 2.45) is 0 Å². The number of rotatable bonds is 4. The lowest BCUT2D eigenvalue weighted by Crippen LogP contribution is -2.59. The van der Waals surface area contributed by atoms with Gasteiger partial charge in [-0.2, -0.15) is 0 Å². The highest BCUT2D eigenvalue weighted by Crippen LogP contribution is 2.36. The molecule has 3 heteroatoms. The molecule has 0 fully saturated rings. The van der Waals surface area contributed by atoms with Crippen LogP contribution >= 0.6 is 0 Å². The Morgan fingerprint density at radius 2 is 1.10 bits per heavy atom. The Morgan fingerprint density at radius 3 is 1.62 bits per heavy atom. The lowest BCUT2D eigenvalue weighted by molar-refractivity contribution is 1.35. The van der Waals surface area contributed by atoms with Crippen molar-refractivity contribution in [2.45, 2.75) is 39.3 Å². The second kappa shape index (κ2) is 5.81. The average Bonchev–Trinajstić information content (AvgIpc) is 2.37. The highest BCUT2D eigenvalue weighted by atomic mass is 28.4. The van der Waals surface area contributed by atoms with Crippen LogP contribution in [0.25, 0.3) is 11.1 Å². The van der Waals surface area contributed by atoms with Crippen LogP contribution in [0.3, 0.4) is 0 Å². The largest absolute Gasteiger partial charge is 0.424 e. The van der Waals surface area contributed by atoms with Crippen LogP contribution in [0, 0.1) is 0 Å². The normalized spacial score (nSPS) is 12.3. The van der Waals surface area contributed by atoms with E-state index in [1.54, 1.807) is 0 Å². The van der Waals surface area contributed by atoms with E-state index in [1.807, 2.05) is 0 Å². The predicted molar refractivity (Wildman–Crippen MR) is 101 cm³/mol. The molecule has 0 aliphatic rings. The third kappa shape index (κ3) is 3.66. The molecule has 0 aromatic heterocycles. The first kappa shape index (κ1) is 16.1. The number of para-hydroxylation sites is 1. The van der Waals surface area contributed by atoms with Gasteiger partial charge in [0.25, 0.3) is 0 Å². The topological polar surface area (TPSA) is 3.24 Å². The molecule has 0 aliphatic heterocycles. The van der Waals surface area contributed by atoms with Gasteiger partial charge in [-0.05, 0) is 11.6 Å². The van der Waals surface area contributed by atoms with Crippen molar-refractivity contribution in [3.8, 4) is 11.1 Å². The lowest BCUT2D eigenvalue weighted by atomic mass is 10.0. The molecule has 0 amide bonds. The highest BCUT2D eigenvalue weighted by molar-refractivity contribution is 6.99. The summed E-state index contributed by atoms with van der Waals surface area (Å²) in [5.41, 5.74) is 4.10. The van der Waals surface area contributed by atoms with Crippen LogP contribution in [0.4, 0.5) is 5.69 Å². The third-order valence-electron chi connectivity index (χ3n) is 3.57. The molecular formula is C18H27NSi2. The molecule has 0 saturated heterocycles. The van der Waals surface area contributed by atoms with Gasteiger partial charge in [-0.3, -0.25) is 0 Å². The second-order valence-electron chi connectivity index (χ2n) is 7.56. The van der Waals surface area contributed by atoms with Crippen molar-refractivity contribution in [3.05, 3.63) is 54.6 Å². The molecule has 0 spiro atoms. The maximum Gasteiger partial charge on any atom is 0.138 e. The van der Waals surface area contributed by atoms with Crippen LogP contribution in [0.1, 0.15) is 0 Å². The number of nitrogens with zero attached hydrogens (tertiary/aromatic N) is 1. The van der Waals surface area contributed by atoms with Crippen LogP contribution in [-0.2, 0) is 0 Å². The minimum atomic E-state index is -1.43. The second-order valence-corrected chi connectivity index (χ2v) is 17.6. The predicted octanol–water partition coefficient (Wildman–Crippen LogP) is 5.83. The van der Waals surface area contributed by atoms with Crippen molar-refractivity contribution in [1.29, 1.82) is 0 Å². The van der Waals surface area contributed by atoms with Gasteiger partial charge in [0, 0.05) is 11.3 Å². The van der Waals surface area contributed by atoms with Gasteiger partial charge in [0.05, 0.1) is 0 Å². The Bertz CT molecular complexity index is 581. The summed E-state index contributed by atoms with van der Waals surface area (Å²) in [4.78, 5) is 0. The van der Waals surface area contributed by atoms with E-state index in [0.29, 0.717) is 0 Å². The quantitative estimate of drug-likeness (QED) is 0.642. The summed E-state index contributed by atoms with van der Waals surface area (Å²) in [6, 6.07) is 19.7. The first-order valence-corrected chi connectivity index (χ1v) is 14.6. The fourth-order valence-electron chi connectivity index (χ4n) is 3.26. The molecular weight excluding hydrogens is 286 g/mol. The molecule has 0 saturated carbocycles. The van der Waals surface area contributed by atoms with Gasteiger partial charge < -0.3 is 4.23 Å². The molecule has 0 radical (unpaired) electrons. The van der Waals surface area contributed by atoms with Crippen LogP contribution in [-0.4, -0.2) is 16.5 Å². The molecule has 2 rings (SSSR count). The van der Waals surface area contributed by atoms with Gasteiger partial charge in [-0.1, -0.05) is 87.8 Å². The van der Waals surface area contributed by atoms with E-state index in [1.165, 1.54) is 16.8 Å². The maximum atomic E-state index is 2.79. The molecule has 21 heavy (non-hydrogen) atoms. The first-order chi connectivity index (χ1) is 9.71. The monoisotopic (exact) mass is 313 g/mol. The molecule has 2 aromatic rings. The summed E-state index contributed by atoms with van der Waals surface area (Å²) in [5.74, 6) is 0. The summed E-state index contributed by atoms with van der Waals surface area (Å²) in [5, 5.41) is 0. The molecule has 112 valence electrons. The Labute approximate surface area is 131 Å². The zero-order chi connectivity index (χ0) is 15.7. The van der Waals surface area contributed by atoms with Crippen molar-refractivity contribution in [2.75, 3.05) is 4.23 Å². The van der Waals surface area contributed by atoms with E-state index in [4.69, 9.17) is 0 Å². The van der Waals surface area contributed by atoms with Gasteiger partial charge in [0.2, 0.25) is 0 Å². The Kier molecular flexibility index (Phi) is 4.44. The van der Waals surface area contributed by atoms with E-state index in [0.717, 1.165) is 0 Å². The number of hydrogen-bond acceptors (Lipinski definition) is 1. The van der Waals surface area contributed by atoms with Gasteiger partial charge in [0.1, 0.15) is 16.5 Å². The smallest absolute Gasteiger partial charge is 0.138 e. The molecule has 0 N–H and O–H groups in total. The van der Waals surface area contributed by atoms with E-state index >= 15 is 0 Å². The molecule has 0 aliphatic carbocycles. The molecule has 2 aromatic carbocycles. The number of anilines is 1. The molecule has 0 unspecified atom stereocenters. The van der Waals surface area contributed by atoms with Crippen LogP contribution in [0.2, 0.25) is 39.3 Å². The molecule has 0 heterocycles. The van der Waals surface area contributed by atoms with Crippen LogP contribution in [0.15, 0.2) is 54.6 Å². The Balaban J connectivity index is 2.63. The first-order valence-electron chi connectivity index (χ1n) is 7.66. The summed E-state index contributed by atoms with van der Waals surface area (Å²) in [6.07, 6.45) is 0. The minimum Gasteiger partial charge on any atom is -0.424 e. The zero-order valence-electron chi connectivity index (χ0n) is 14.1. The molecule has 0 bridgehead atoms. The standard InChI is InChI=1S/C18H27NSi2/c1-20(2,3)19(21(4,5)6)18-15-11-10-14-17(18)16-12-8-7-9-13-16/h7-15H,1-6H3. The minimum absolute atomic E-state index is 1.31. The number of benzene rings is 2. The fraction of sp³-hybridized carbons (Fsp3) is 0.333. The van der Waals surface area contributed by atoms with E-state index < -0.39 is 16.5 Å². The van der Waals surface area contributed by atoms with E-state index in [9.17, 15) is 0 Å². The van der Waals surface area contributed by atoms with Gasteiger partial charge >= 0.3 is 0 Å². The van der Waals surface area contributed by atoms with E-state index in [-0.39, 0.29) is 0 Å². The van der Waals surface area contributed by atoms with Crippen LogP contribution < -0.4 is 4.23 Å². The number of hydrogen-bond donors (Lipinski definition) is 0. The Hall–Kier alpha value is -1.33. The molecule has 1 nitrogen and oxygen atoms in total. The summed E-state index contributed by atoms with van der Waals surface area (Å²) in [7, 11) is -2.86. The SMILES string of the molecule is C[Si](C)(C)N(c1ccccc1-c1ccccc1)[Si](C)(C)C.